The van der Waals surface area contributed by atoms with Crippen LogP contribution in [0.5, 0.6) is 0 Å². The quantitative estimate of drug-likeness (QED) is 0.423. The van der Waals surface area contributed by atoms with E-state index in [4.69, 9.17) is 9.97 Å². The molecule has 0 bridgehead atoms. The van der Waals surface area contributed by atoms with Gasteiger partial charge in [-0.05, 0) is 24.5 Å². The molecule has 172 valence electrons. The molecule has 0 unspecified atom stereocenters. The van der Waals surface area contributed by atoms with Gasteiger partial charge < -0.3 is 10.6 Å². The second-order valence-electron chi connectivity index (χ2n) is 8.95. The first kappa shape index (κ1) is 22.4. The minimum atomic E-state index is -0.574. The Morgan fingerprint density at radius 2 is 1.85 bits per heavy atom. The number of benzene rings is 1. The number of aromatic nitrogens is 6. The van der Waals surface area contributed by atoms with Crippen molar-refractivity contribution in [3.63, 3.8) is 0 Å². The molecule has 0 radical (unpaired) electrons. The average Bonchev–Trinajstić information content (AvgIpc) is 3.43. The highest BCUT2D eigenvalue weighted by atomic mass is 16.2. The monoisotopic (exact) mass is 446 g/mol. The summed E-state index contributed by atoms with van der Waals surface area (Å²) in [5, 5.41) is 10.6. The lowest BCUT2D eigenvalue weighted by atomic mass is 9.96. The van der Waals surface area contributed by atoms with Crippen LogP contribution < -0.4 is 10.6 Å². The molecule has 0 fully saturated rings. The van der Waals surface area contributed by atoms with Gasteiger partial charge in [-0.1, -0.05) is 58.0 Å². The Morgan fingerprint density at radius 3 is 2.52 bits per heavy atom. The van der Waals surface area contributed by atoms with E-state index in [-0.39, 0.29) is 5.91 Å². The molecule has 33 heavy (non-hydrogen) atoms. The number of carbonyl (C=O) groups excluding carboxylic acids is 1. The Labute approximate surface area is 193 Å². The molecule has 0 aliphatic heterocycles. The molecule has 3 aromatic heterocycles. The Hall–Kier alpha value is -3.75. The highest BCUT2D eigenvalue weighted by Crippen LogP contribution is 2.26. The number of imidazole rings is 1. The molecule has 0 atom stereocenters. The van der Waals surface area contributed by atoms with E-state index < -0.39 is 5.41 Å². The normalized spacial score (nSPS) is 11.6. The summed E-state index contributed by atoms with van der Waals surface area (Å²) in [5.41, 5.74) is 1.85. The summed E-state index contributed by atoms with van der Waals surface area (Å²) >= 11 is 0. The van der Waals surface area contributed by atoms with Crippen LogP contribution in [0.3, 0.4) is 0 Å². The molecule has 9 heteroatoms. The summed E-state index contributed by atoms with van der Waals surface area (Å²) in [6, 6.07) is 12.1. The van der Waals surface area contributed by atoms with Gasteiger partial charge in [-0.2, -0.15) is 15.1 Å². The third-order valence-corrected chi connectivity index (χ3v) is 5.18. The maximum Gasteiger partial charge on any atom is 0.233 e. The van der Waals surface area contributed by atoms with Crippen LogP contribution in [-0.2, 0) is 17.8 Å². The average molecular weight is 447 g/mol. The molecule has 4 aromatic rings. The fourth-order valence-corrected chi connectivity index (χ4v) is 3.41. The van der Waals surface area contributed by atoms with Crippen molar-refractivity contribution in [3.05, 3.63) is 54.4 Å². The SMILES string of the molecule is CCCn1c(-n2cccn2)nc2c(NC(=O)C(C)(C)C)nc(NCCc3ccccc3)nc21. The van der Waals surface area contributed by atoms with Crippen molar-refractivity contribution < 1.29 is 4.79 Å². The third-order valence-electron chi connectivity index (χ3n) is 5.18. The lowest BCUT2D eigenvalue weighted by Crippen LogP contribution is -2.28. The fraction of sp³-hybridized carbons (Fsp3) is 0.375. The number of hydrogen-bond donors (Lipinski definition) is 2. The van der Waals surface area contributed by atoms with Crippen molar-refractivity contribution >= 4 is 28.8 Å². The Morgan fingerprint density at radius 1 is 1.06 bits per heavy atom. The van der Waals surface area contributed by atoms with Crippen molar-refractivity contribution in [2.75, 3.05) is 17.2 Å². The van der Waals surface area contributed by atoms with Gasteiger partial charge in [-0.3, -0.25) is 9.36 Å². The lowest BCUT2D eigenvalue weighted by molar-refractivity contribution is -0.123. The maximum atomic E-state index is 12.8. The lowest BCUT2D eigenvalue weighted by Gasteiger charge is -2.17. The first-order valence-corrected chi connectivity index (χ1v) is 11.2. The van der Waals surface area contributed by atoms with E-state index in [0.29, 0.717) is 42.0 Å². The first-order chi connectivity index (χ1) is 15.9. The summed E-state index contributed by atoms with van der Waals surface area (Å²) < 4.78 is 3.72. The first-order valence-electron chi connectivity index (χ1n) is 11.2. The van der Waals surface area contributed by atoms with E-state index in [0.717, 1.165) is 12.8 Å². The van der Waals surface area contributed by atoms with Gasteiger partial charge in [0.25, 0.3) is 0 Å². The van der Waals surface area contributed by atoms with Crippen LogP contribution in [0.2, 0.25) is 0 Å². The van der Waals surface area contributed by atoms with Crippen molar-refractivity contribution in [2.45, 2.75) is 47.1 Å². The summed E-state index contributed by atoms with van der Waals surface area (Å²) in [4.78, 5) is 27.0. The molecular weight excluding hydrogens is 416 g/mol. The van der Waals surface area contributed by atoms with Crippen LogP contribution >= 0.6 is 0 Å². The van der Waals surface area contributed by atoms with Crippen molar-refractivity contribution in [3.8, 4) is 5.95 Å². The molecule has 0 saturated heterocycles. The molecule has 1 aromatic carbocycles. The van der Waals surface area contributed by atoms with Crippen LogP contribution in [0.4, 0.5) is 11.8 Å². The van der Waals surface area contributed by atoms with Gasteiger partial charge in [0.15, 0.2) is 17.0 Å². The summed E-state index contributed by atoms with van der Waals surface area (Å²) in [6.45, 7) is 9.07. The fourth-order valence-electron chi connectivity index (χ4n) is 3.41. The zero-order valence-corrected chi connectivity index (χ0v) is 19.5. The number of nitrogens with zero attached hydrogens (tertiary/aromatic N) is 6. The second-order valence-corrected chi connectivity index (χ2v) is 8.95. The van der Waals surface area contributed by atoms with E-state index in [1.54, 1.807) is 10.9 Å². The topological polar surface area (TPSA) is 103 Å². The molecule has 0 spiro atoms. The van der Waals surface area contributed by atoms with Gasteiger partial charge in [0.2, 0.25) is 17.8 Å². The van der Waals surface area contributed by atoms with Crippen LogP contribution in [0, 0.1) is 5.41 Å². The summed E-state index contributed by atoms with van der Waals surface area (Å²) in [6.07, 6.45) is 5.27. The number of rotatable bonds is 8. The molecule has 9 nitrogen and oxygen atoms in total. The van der Waals surface area contributed by atoms with Gasteiger partial charge in [-0.15, -0.1) is 0 Å². The van der Waals surface area contributed by atoms with E-state index in [1.807, 2.05) is 55.8 Å². The molecule has 0 saturated carbocycles. The number of anilines is 2. The van der Waals surface area contributed by atoms with Gasteiger partial charge >= 0.3 is 0 Å². The van der Waals surface area contributed by atoms with Crippen molar-refractivity contribution in [1.29, 1.82) is 0 Å². The number of aryl methyl sites for hydroxylation is 1. The van der Waals surface area contributed by atoms with Gasteiger partial charge in [0.1, 0.15) is 0 Å². The molecule has 0 aliphatic rings. The van der Waals surface area contributed by atoms with Crippen LogP contribution in [-0.4, -0.2) is 41.8 Å². The zero-order valence-electron chi connectivity index (χ0n) is 19.5. The Kier molecular flexibility index (Phi) is 6.39. The number of hydrogen-bond acceptors (Lipinski definition) is 6. The number of fused-ring (bicyclic) bond motifs is 1. The van der Waals surface area contributed by atoms with E-state index in [1.165, 1.54) is 5.56 Å². The van der Waals surface area contributed by atoms with E-state index in [9.17, 15) is 4.79 Å². The maximum absolute atomic E-state index is 12.8. The predicted octanol–water partition coefficient (Wildman–Crippen LogP) is 4.06. The summed E-state index contributed by atoms with van der Waals surface area (Å²) in [5.74, 6) is 1.35. The molecule has 2 N–H and O–H groups in total. The number of carbonyl (C=O) groups is 1. The largest absolute Gasteiger partial charge is 0.354 e. The van der Waals surface area contributed by atoms with Crippen LogP contribution in [0.1, 0.15) is 39.7 Å². The van der Waals surface area contributed by atoms with Crippen molar-refractivity contribution in [2.24, 2.45) is 5.41 Å². The van der Waals surface area contributed by atoms with E-state index >= 15 is 0 Å². The highest BCUT2D eigenvalue weighted by Gasteiger charge is 2.25. The molecular formula is C24H30N8O. The summed E-state index contributed by atoms with van der Waals surface area (Å²) in [7, 11) is 0. The second kappa shape index (κ2) is 9.40. The minimum absolute atomic E-state index is 0.136. The molecule has 1 amide bonds. The van der Waals surface area contributed by atoms with Gasteiger partial charge in [-0.25, -0.2) is 9.67 Å². The standard InChI is InChI=1S/C24H30N8O/c1-5-15-31-20-18(27-23(31)32-16-9-13-26-32)19(28-21(33)24(2,3)4)29-22(30-20)25-14-12-17-10-7-6-8-11-17/h6-11,13,16H,5,12,14-15H2,1-4H3,(H2,25,28,29,30,33). The van der Waals surface area contributed by atoms with Crippen LogP contribution in [0.25, 0.3) is 17.1 Å². The smallest absolute Gasteiger partial charge is 0.233 e. The number of nitrogens with one attached hydrogen (secondary N) is 2. The molecule has 3 heterocycles. The highest BCUT2D eigenvalue weighted by molar-refractivity contribution is 6.00. The minimum Gasteiger partial charge on any atom is -0.354 e. The van der Waals surface area contributed by atoms with Gasteiger partial charge in [0.05, 0.1) is 0 Å². The predicted molar refractivity (Wildman–Crippen MR) is 129 cm³/mol. The molecule has 4 rings (SSSR count). The molecule has 0 aliphatic carbocycles. The Bertz CT molecular complexity index is 1220. The number of amides is 1. The van der Waals surface area contributed by atoms with Crippen LogP contribution in [0.15, 0.2) is 48.8 Å². The van der Waals surface area contributed by atoms with Crippen molar-refractivity contribution in [1.82, 2.24) is 29.3 Å². The Balaban J connectivity index is 1.74. The zero-order chi connectivity index (χ0) is 23.4. The van der Waals surface area contributed by atoms with Gasteiger partial charge in [0, 0.05) is 30.9 Å². The van der Waals surface area contributed by atoms with E-state index in [2.05, 4.69) is 39.8 Å². The third kappa shape index (κ3) is 5.02.